The normalized spacial score (nSPS) is 13.3. The van der Waals surface area contributed by atoms with E-state index in [1.54, 1.807) is 0 Å². The first kappa shape index (κ1) is 14.8. The number of hydrogen-bond donors (Lipinski definition) is 1. The molecule has 1 rings (SSSR count). The molecule has 0 spiro atoms. The molecule has 100 valence electrons. The zero-order chi connectivity index (χ0) is 13.6. The van der Waals surface area contributed by atoms with Crippen LogP contribution in [0.15, 0.2) is 18.5 Å². The molecular weight excluding hydrogens is 222 g/mol. The largest absolute Gasteiger partial charge is 0.354 e. The van der Waals surface area contributed by atoms with Crippen molar-refractivity contribution in [2.45, 2.75) is 59.0 Å². The number of hydrogen-bond acceptors (Lipinski definition) is 2. The Balaban J connectivity index is 2.43. The van der Waals surface area contributed by atoms with Crippen molar-refractivity contribution in [1.82, 2.24) is 4.57 Å². The Labute approximate surface area is 111 Å². The molecule has 0 fully saturated rings. The van der Waals surface area contributed by atoms with Crippen molar-refractivity contribution < 1.29 is 0 Å². The molecular formula is C15H25N3. The average molecular weight is 247 g/mol. The highest BCUT2D eigenvalue weighted by molar-refractivity contribution is 5.14. The van der Waals surface area contributed by atoms with E-state index in [1.807, 2.05) is 13.8 Å². The highest BCUT2D eigenvalue weighted by Crippen LogP contribution is 2.21. The Hall–Kier alpha value is -1.27. The Morgan fingerprint density at radius 2 is 2.22 bits per heavy atom. The van der Waals surface area contributed by atoms with Crippen molar-refractivity contribution in [1.29, 1.82) is 5.26 Å². The molecule has 1 unspecified atom stereocenters. The van der Waals surface area contributed by atoms with E-state index in [1.165, 1.54) is 5.56 Å². The van der Waals surface area contributed by atoms with Gasteiger partial charge in [0.2, 0.25) is 0 Å². The molecule has 0 aliphatic carbocycles. The summed E-state index contributed by atoms with van der Waals surface area (Å²) in [5.74, 6) is 0. The Bertz CT molecular complexity index is 398. The summed E-state index contributed by atoms with van der Waals surface area (Å²) < 4.78 is 2.18. The van der Waals surface area contributed by atoms with Crippen LogP contribution in [0.2, 0.25) is 0 Å². The minimum atomic E-state index is -0.214. The molecule has 0 aliphatic heterocycles. The molecule has 3 heteroatoms. The third-order valence-corrected chi connectivity index (χ3v) is 3.32. The number of nitrogens with two attached hydrogens (primary N) is 1. The van der Waals surface area contributed by atoms with Gasteiger partial charge in [-0.25, -0.2) is 0 Å². The average Bonchev–Trinajstić information content (AvgIpc) is 2.78. The Morgan fingerprint density at radius 3 is 2.83 bits per heavy atom. The van der Waals surface area contributed by atoms with Gasteiger partial charge < -0.3 is 10.3 Å². The topological polar surface area (TPSA) is 54.7 Å². The quantitative estimate of drug-likeness (QED) is 0.800. The van der Waals surface area contributed by atoms with Crippen LogP contribution in [0.3, 0.4) is 0 Å². The third kappa shape index (κ3) is 4.54. The van der Waals surface area contributed by atoms with Crippen molar-refractivity contribution in [3.63, 3.8) is 0 Å². The highest BCUT2D eigenvalue weighted by Gasteiger charge is 2.15. The summed E-state index contributed by atoms with van der Waals surface area (Å²) in [5.41, 5.74) is 7.09. The predicted octanol–water partition coefficient (Wildman–Crippen LogP) is 3.62. The lowest BCUT2D eigenvalue weighted by Gasteiger charge is -2.14. The second-order valence-electron chi connectivity index (χ2n) is 5.68. The first-order valence-electron chi connectivity index (χ1n) is 6.81. The van der Waals surface area contributed by atoms with Crippen molar-refractivity contribution >= 4 is 0 Å². The van der Waals surface area contributed by atoms with Gasteiger partial charge in [-0.3, -0.25) is 0 Å². The second-order valence-corrected chi connectivity index (χ2v) is 5.68. The number of aromatic nitrogens is 1. The molecule has 18 heavy (non-hydrogen) atoms. The molecule has 1 atom stereocenters. The van der Waals surface area contributed by atoms with E-state index in [0.717, 1.165) is 32.2 Å². The van der Waals surface area contributed by atoms with Gasteiger partial charge in [0.05, 0.1) is 11.5 Å². The lowest BCUT2D eigenvalue weighted by atomic mass is 9.90. The summed E-state index contributed by atoms with van der Waals surface area (Å²) >= 11 is 0. The third-order valence-electron chi connectivity index (χ3n) is 3.32. The molecule has 1 aromatic heterocycles. The molecule has 0 amide bonds. The molecule has 0 bridgehead atoms. The maximum absolute atomic E-state index is 8.95. The number of nitriles is 1. The van der Waals surface area contributed by atoms with Gasteiger partial charge in [-0.05, 0) is 44.7 Å². The first-order valence-corrected chi connectivity index (χ1v) is 6.81. The molecule has 1 aromatic rings. The summed E-state index contributed by atoms with van der Waals surface area (Å²) in [6.07, 6.45) is 8.33. The van der Waals surface area contributed by atoms with Crippen LogP contribution in [0.25, 0.3) is 0 Å². The molecule has 0 saturated carbocycles. The van der Waals surface area contributed by atoms with Gasteiger partial charge in [-0.1, -0.05) is 13.3 Å². The van der Waals surface area contributed by atoms with Crippen LogP contribution in [0.4, 0.5) is 0 Å². The van der Waals surface area contributed by atoms with Crippen LogP contribution in [0.5, 0.6) is 0 Å². The van der Waals surface area contributed by atoms with E-state index in [0.29, 0.717) is 0 Å². The summed E-state index contributed by atoms with van der Waals surface area (Å²) in [7, 11) is 0. The van der Waals surface area contributed by atoms with E-state index in [-0.39, 0.29) is 11.5 Å². The van der Waals surface area contributed by atoms with Gasteiger partial charge in [0.25, 0.3) is 0 Å². The van der Waals surface area contributed by atoms with Gasteiger partial charge in [0, 0.05) is 25.0 Å². The molecule has 0 aliphatic rings. The van der Waals surface area contributed by atoms with Crippen LogP contribution in [-0.2, 0) is 6.54 Å². The predicted molar refractivity (Wildman–Crippen MR) is 74.9 cm³/mol. The van der Waals surface area contributed by atoms with Gasteiger partial charge in [-0.2, -0.15) is 5.26 Å². The minimum Gasteiger partial charge on any atom is -0.354 e. The molecule has 2 N–H and O–H groups in total. The van der Waals surface area contributed by atoms with Gasteiger partial charge in [0.1, 0.15) is 0 Å². The van der Waals surface area contributed by atoms with Crippen LogP contribution >= 0.6 is 0 Å². The highest BCUT2D eigenvalue weighted by atomic mass is 14.9. The Kier molecular flexibility index (Phi) is 5.43. The minimum absolute atomic E-state index is 0.159. The standard InChI is InChI=1S/C15H25N3/c1-4-6-14(17)13-7-10-18(11-13)9-5-8-15(2,3)12-16/h7,10-11,14H,4-6,8-9,17H2,1-3H3. The van der Waals surface area contributed by atoms with E-state index in [9.17, 15) is 0 Å². The summed E-state index contributed by atoms with van der Waals surface area (Å²) in [6, 6.07) is 4.60. The number of aryl methyl sites for hydroxylation is 1. The summed E-state index contributed by atoms with van der Waals surface area (Å²) in [4.78, 5) is 0. The first-order chi connectivity index (χ1) is 8.48. The Morgan fingerprint density at radius 1 is 1.50 bits per heavy atom. The van der Waals surface area contributed by atoms with Gasteiger partial charge in [0.15, 0.2) is 0 Å². The molecule has 1 heterocycles. The molecule has 3 nitrogen and oxygen atoms in total. The summed E-state index contributed by atoms with van der Waals surface area (Å²) in [6.45, 7) is 7.10. The van der Waals surface area contributed by atoms with Crippen LogP contribution in [0.1, 0.15) is 58.1 Å². The van der Waals surface area contributed by atoms with Crippen molar-refractivity contribution in [3.05, 3.63) is 24.0 Å². The number of rotatable bonds is 7. The summed E-state index contributed by atoms with van der Waals surface area (Å²) in [5, 5.41) is 8.95. The monoisotopic (exact) mass is 247 g/mol. The maximum Gasteiger partial charge on any atom is 0.0683 e. The van der Waals surface area contributed by atoms with E-state index in [4.69, 9.17) is 11.0 Å². The fraction of sp³-hybridized carbons (Fsp3) is 0.667. The number of nitrogens with zero attached hydrogens (tertiary/aromatic N) is 2. The fourth-order valence-electron chi connectivity index (χ4n) is 2.05. The lowest BCUT2D eigenvalue weighted by molar-refractivity contribution is 0.415. The molecule has 0 aromatic carbocycles. The van der Waals surface area contributed by atoms with Gasteiger partial charge in [-0.15, -0.1) is 0 Å². The van der Waals surface area contributed by atoms with Crippen molar-refractivity contribution in [2.75, 3.05) is 0 Å². The van der Waals surface area contributed by atoms with E-state index >= 15 is 0 Å². The SMILES string of the molecule is CCCC(N)c1ccn(CCCC(C)(C)C#N)c1. The maximum atomic E-state index is 8.95. The van der Waals surface area contributed by atoms with Crippen LogP contribution < -0.4 is 5.73 Å². The molecule has 0 radical (unpaired) electrons. The second kappa shape index (κ2) is 6.61. The van der Waals surface area contributed by atoms with E-state index in [2.05, 4.69) is 36.0 Å². The van der Waals surface area contributed by atoms with Gasteiger partial charge >= 0.3 is 0 Å². The zero-order valence-electron chi connectivity index (χ0n) is 11.8. The fourth-order valence-corrected chi connectivity index (χ4v) is 2.05. The lowest BCUT2D eigenvalue weighted by Crippen LogP contribution is -2.10. The van der Waals surface area contributed by atoms with Crippen molar-refractivity contribution in [3.8, 4) is 6.07 Å². The van der Waals surface area contributed by atoms with Crippen LogP contribution in [-0.4, -0.2) is 4.57 Å². The van der Waals surface area contributed by atoms with Crippen molar-refractivity contribution in [2.24, 2.45) is 11.1 Å². The van der Waals surface area contributed by atoms with E-state index < -0.39 is 0 Å². The van der Waals surface area contributed by atoms with Crippen LogP contribution in [0, 0.1) is 16.7 Å². The smallest absolute Gasteiger partial charge is 0.0683 e. The molecule has 0 saturated heterocycles. The zero-order valence-corrected chi connectivity index (χ0v) is 11.8.